The van der Waals surface area contributed by atoms with Crippen molar-refractivity contribution < 1.29 is 4.42 Å². The first-order chi connectivity index (χ1) is 11.2. The summed E-state index contributed by atoms with van der Waals surface area (Å²) >= 11 is 5.98. The van der Waals surface area contributed by atoms with Crippen LogP contribution in [0.1, 0.15) is 0 Å². The third kappa shape index (κ3) is 2.52. The Hall–Kier alpha value is -2.23. The number of hydrogen-bond donors (Lipinski definition) is 1. The lowest BCUT2D eigenvalue weighted by molar-refractivity contribution is 0.605. The predicted octanol–water partition coefficient (Wildman–Crippen LogP) is 5.51. The highest BCUT2D eigenvalue weighted by Crippen LogP contribution is 2.45. The van der Waals surface area contributed by atoms with E-state index in [9.17, 15) is 4.79 Å². The van der Waals surface area contributed by atoms with Crippen molar-refractivity contribution in [1.82, 2.24) is 0 Å². The number of para-hydroxylation sites is 1. The van der Waals surface area contributed by atoms with Gasteiger partial charge in [-0.3, -0.25) is 4.79 Å². The van der Waals surface area contributed by atoms with Crippen molar-refractivity contribution in [2.45, 2.75) is 4.90 Å². The van der Waals surface area contributed by atoms with Crippen molar-refractivity contribution in [2.24, 2.45) is 0 Å². The number of thiol groups is 1. The van der Waals surface area contributed by atoms with Crippen molar-refractivity contribution in [1.29, 1.82) is 0 Å². The smallest absolute Gasteiger partial charge is 0.205 e. The quantitative estimate of drug-likeness (QED) is 0.623. The van der Waals surface area contributed by atoms with Crippen LogP contribution in [0.4, 0.5) is 0 Å². The van der Waals surface area contributed by atoms with Gasteiger partial charge in [-0.15, -0.1) is 0 Å². The number of allylic oxidation sites excluding steroid dienone is 2. The zero-order chi connectivity index (χ0) is 15.8. The van der Waals surface area contributed by atoms with E-state index in [4.69, 9.17) is 16.0 Å². The molecule has 0 spiro atoms. The van der Waals surface area contributed by atoms with Gasteiger partial charge in [0.25, 0.3) is 0 Å². The molecule has 114 valence electrons. The van der Waals surface area contributed by atoms with Gasteiger partial charge >= 0.3 is 0 Å². The number of rotatable bonds is 2. The Labute approximate surface area is 141 Å². The zero-order valence-corrected chi connectivity index (χ0v) is 13.7. The molecule has 2 heterocycles. The van der Waals surface area contributed by atoms with Gasteiger partial charge in [0, 0.05) is 10.6 Å². The van der Waals surface area contributed by atoms with Crippen LogP contribution in [0.15, 0.2) is 85.6 Å². The largest absolute Gasteiger partial charge is 0.455 e. The molecule has 1 aliphatic heterocycles. The van der Waals surface area contributed by atoms with Crippen LogP contribution in [0.5, 0.6) is 0 Å². The summed E-state index contributed by atoms with van der Waals surface area (Å²) < 4.78 is 6.12. The van der Waals surface area contributed by atoms with Gasteiger partial charge in [0.05, 0.1) is 10.3 Å². The molecule has 23 heavy (non-hydrogen) atoms. The molecule has 0 aliphatic carbocycles. The Morgan fingerprint density at radius 3 is 2.35 bits per heavy atom. The minimum Gasteiger partial charge on any atom is -0.455 e. The molecule has 1 aliphatic rings. The lowest BCUT2D eigenvalue weighted by Crippen LogP contribution is -2.07. The molecule has 2 nitrogen and oxygen atoms in total. The summed E-state index contributed by atoms with van der Waals surface area (Å²) in [5.74, 6) is 0.632. The summed E-state index contributed by atoms with van der Waals surface area (Å²) in [6, 6.07) is 14.8. The van der Waals surface area contributed by atoms with Crippen molar-refractivity contribution >= 4 is 33.5 Å². The van der Waals surface area contributed by atoms with E-state index in [1.807, 2.05) is 60.7 Å². The second kappa shape index (κ2) is 5.76. The second-order valence-electron chi connectivity index (χ2n) is 5.20. The summed E-state index contributed by atoms with van der Waals surface area (Å²) in [7, 11) is -0.787. The average molecular weight is 341 g/mol. The van der Waals surface area contributed by atoms with Crippen molar-refractivity contribution in [3.63, 3.8) is 0 Å². The van der Waals surface area contributed by atoms with Crippen LogP contribution in [0.2, 0.25) is 5.02 Å². The topological polar surface area (TPSA) is 30.2 Å². The maximum absolute atomic E-state index is 13.0. The van der Waals surface area contributed by atoms with E-state index in [0.29, 0.717) is 21.8 Å². The van der Waals surface area contributed by atoms with E-state index < -0.39 is 10.9 Å². The first kappa shape index (κ1) is 14.4. The Morgan fingerprint density at radius 2 is 1.61 bits per heavy atom. The molecule has 0 amide bonds. The maximum atomic E-state index is 13.0. The molecule has 0 atom stereocenters. The monoisotopic (exact) mass is 340 g/mol. The van der Waals surface area contributed by atoms with Crippen molar-refractivity contribution in [2.75, 3.05) is 0 Å². The molecular formula is C19H13ClO2S. The molecule has 4 heteroatoms. The molecule has 4 rings (SSSR count). The number of benzene rings is 2. The molecule has 0 saturated heterocycles. The summed E-state index contributed by atoms with van der Waals surface area (Å²) in [6.07, 6.45) is 3.96. The first-order valence-corrected chi connectivity index (χ1v) is 9.05. The van der Waals surface area contributed by atoms with Crippen molar-refractivity contribution in [3.8, 4) is 11.3 Å². The van der Waals surface area contributed by atoms with E-state index in [1.165, 1.54) is 0 Å². The van der Waals surface area contributed by atoms with Crippen LogP contribution >= 0.6 is 22.5 Å². The maximum Gasteiger partial charge on any atom is 0.205 e. The molecule has 0 bridgehead atoms. The van der Waals surface area contributed by atoms with Gasteiger partial charge in [-0.05, 0) is 47.2 Å². The third-order valence-electron chi connectivity index (χ3n) is 3.74. The minimum absolute atomic E-state index is 0.0408. The zero-order valence-electron chi connectivity index (χ0n) is 12.1. The Balaban J connectivity index is 2.06. The van der Waals surface area contributed by atoms with Crippen LogP contribution in [-0.4, -0.2) is 0 Å². The van der Waals surface area contributed by atoms with Gasteiger partial charge in [-0.25, -0.2) is 0 Å². The average Bonchev–Trinajstić information content (AvgIpc) is 3.09. The lowest BCUT2D eigenvalue weighted by atomic mass is 10.1. The van der Waals surface area contributed by atoms with E-state index in [2.05, 4.69) is 10.8 Å². The van der Waals surface area contributed by atoms with Gasteiger partial charge in [0.2, 0.25) is 5.43 Å². The first-order valence-electron chi connectivity index (χ1n) is 7.19. The Kier molecular flexibility index (Phi) is 3.60. The van der Waals surface area contributed by atoms with E-state index in [1.54, 1.807) is 0 Å². The molecule has 3 aromatic rings. The van der Waals surface area contributed by atoms with E-state index in [0.717, 1.165) is 10.5 Å². The van der Waals surface area contributed by atoms with Gasteiger partial charge in [0.1, 0.15) is 5.58 Å². The molecule has 0 radical (unpaired) electrons. The molecular weight excluding hydrogens is 328 g/mol. The highest BCUT2D eigenvalue weighted by atomic mass is 35.5. The highest BCUT2D eigenvalue weighted by molar-refractivity contribution is 8.22. The Bertz CT molecular complexity index is 988. The Morgan fingerprint density at radius 1 is 0.913 bits per heavy atom. The molecule has 0 N–H and O–H groups in total. The fourth-order valence-electron chi connectivity index (χ4n) is 2.65. The summed E-state index contributed by atoms with van der Waals surface area (Å²) in [4.78, 5) is 13.8. The van der Waals surface area contributed by atoms with Crippen LogP contribution in [0.3, 0.4) is 0 Å². The molecule has 0 fully saturated rings. The summed E-state index contributed by atoms with van der Waals surface area (Å²) in [5, 5.41) is 5.41. The summed E-state index contributed by atoms with van der Waals surface area (Å²) in [6.45, 7) is 0. The highest BCUT2D eigenvalue weighted by Gasteiger charge is 2.20. The minimum atomic E-state index is -0.787. The number of fused-ring (bicyclic) bond motifs is 1. The van der Waals surface area contributed by atoms with Gasteiger partial charge in [-0.2, -0.15) is 10.9 Å². The van der Waals surface area contributed by atoms with Crippen LogP contribution in [0.25, 0.3) is 22.3 Å². The molecule has 0 saturated carbocycles. The van der Waals surface area contributed by atoms with Gasteiger partial charge in [0.15, 0.2) is 5.76 Å². The lowest BCUT2D eigenvalue weighted by Gasteiger charge is -2.15. The van der Waals surface area contributed by atoms with Gasteiger partial charge in [-0.1, -0.05) is 35.9 Å². The summed E-state index contributed by atoms with van der Waals surface area (Å²) in [5.41, 5.74) is 1.51. The van der Waals surface area contributed by atoms with Crippen LogP contribution in [0, 0.1) is 0 Å². The standard InChI is InChI=1S/C19H13ClO2S/c20-14-9-7-13(8-10-14)18-19(23-11-3-4-12-23)17(21)15-5-1-2-6-16(15)22-18/h1-12,23H. The number of halogens is 1. The number of hydrogen-bond acceptors (Lipinski definition) is 2. The normalized spacial score (nSPS) is 14.7. The van der Waals surface area contributed by atoms with Crippen LogP contribution in [-0.2, 0) is 0 Å². The SMILES string of the molecule is O=c1c([SH]2C=CC=C2)c(-c2ccc(Cl)cc2)oc2ccccc12. The van der Waals surface area contributed by atoms with E-state index >= 15 is 0 Å². The fourth-order valence-corrected chi connectivity index (χ4v) is 4.50. The molecule has 1 aromatic heterocycles. The molecule has 2 aromatic carbocycles. The fraction of sp³-hybridized carbons (Fsp3) is 0. The second-order valence-corrected chi connectivity index (χ2v) is 7.50. The molecule has 0 unspecified atom stereocenters. The third-order valence-corrected chi connectivity index (χ3v) is 5.90. The predicted molar refractivity (Wildman–Crippen MR) is 98.5 cm³/mol. The van der Waals surface area contributed by atoms with E-state index in [-0.39, 0.29) is 5.43 Å². The van der Waals surface area contributed by atoms with Crippen LogP contribution < -0.4 is 5.43 Å². The van der Waals surface area contributed by atoms with Crippen molar-refractivity contribution in [3.05, 3.63) is 86.7 Å². The van der Waals surface area contributed by atoms with Gasteiger partial charge < -0.3 is 4.42 Å².